The van der Waals surface area contributed by atoms with Gasteiger partial charge in [0.25, 0.3) is 0 Å². The van der Waals surface area contributed by atoms with Crippen molar-refractivity contribution in [3.05, 3.63) is 46.1 Å². The molecule has 0 saturated carbocycles. The molecule has 0 bridgehead atoms. The second-order valence-electron chi connectivity index (χ2n) is 7.68. The van der Waals surface area contributed by atoms with Crippen LogP contribution in [-0.2, 0) is 4.79 Å². The summed E-state index contributed by atoms with van der Waals surface area (Å²) < 4.78 is 0. The molecule has 21 heavy (non-hydrogen) atoms. The van der Waals surface area contributed by atoms with Gasteiger partial charge in [-0.2, -0.15) is 0 Å². The molecule has 0 fully saturated rings. The lowest BCUT2D eigenvalue weighted by Crippen LogP contribution is -2.35. The molecule has 0 radical (unpaired) electrons. The van der Waals surface area contributed by atoms with Crippen molar-refractivity contribution in [2.45, 2.75) is 59.3 Å². The topological polar surface area (TPSA) is 17.1 Å². The number of fused-ring (bicyclic) bond motifs is 4. The van der Waals surface area contributed by atoms with Crippen LogP contribution in [0.3, 0.4) is 0 Å². The van der Waals surface area contributed by atoms with Crippen LogP contribution in [0.25, 0.3) is 0 Å². The Balaban J connectivity index is 1.90. The van der Waals surface area contributed by atoms with Crippen molar-refractivity contribution in [1.82, 2.24) is 0 Å². The van der Waals surface area contributed by atoms with Gasteiger partial charge in [0, 0.05) is 5.41 Å². The molecule has 2 unspecified atom stereocenters. The maximum atomic E-state index is 12.0. The highest BCUT2D eigenvalue weighted by atomic mass is 16.1. The standard InChI is InChI=1S/C20H24O/c1-13-15-7-6-14-16-5-4-10-19(16,2)11-8-17(14)20(15,3)12-9-18(13)21/h5,9,12H,4,6-8,10-11H2,1-3H3. The fraction of sp³-hybridized carbons (Fsp3) is 0.550. The second-order valence-corrected chi connectivity index (χ2v) is 7.68. The van der Waals surface area contributed by atoms with Crippen LogP contribution < -0.4 is 0 Å². The van der Waals surface area contributed by atoms with Crippen molar-refractivity contribution in [3.8, 4) is 0 Å². The maximum Gasteiger partial charge on any atom is 0.181 e. The van der Waals surface area contributed by atoms with Crippen molar-refractivity contribution in [2.24, 2.45) is 10.8 Å². The van der Waals surface area contributed by atoms with E-state index < -0.39 is 0 Å². The zero-order valence-electron chi connectivity index (χ0n) is 13.4. The highest BCUT2D eigenvalue weighted by Crippen LogP contribution is 2.60. The van der Waals surface area contributed by atoms with Gasteiger partial charge in [0.2, 0.25) is 0 Å². The second kappa shape index (κ2) is 4.09. The Labute approximate surface area is 127 Å². The summed E-state index contributed by atoms with van der Waals surface area (Å²) in [6.07, 6.45) is 13.7. The van der Waals surface area contributed by atoms with Crippen LogP contribution in [0.4, 0.5) is 0 Å². The molecule has 4 aliphatic rings. The summed E-state index contributed by atoms with van der Waals surface area (Å²) in [5, 5.41) is 0. The fourth-order valence-corrected chi connectivity index (χ4v) is 5.22. The minimum Gasteiger partial charge on any atom is -0.290 e. The molecule has 0 aliphatic heterocycles. The van der Waals surface area contributed by atoms with Crippen molar-refractivity contribution in [1.29, 1.82) is 0 Å². The molecule has 0 spiro atoms. The van der Waals surface area contributed by atoms with Crippen LogP contribution >= 0.6 is 0 Å². The van der Waals surface area contributed by atoms with E-state index in [1.165, 1.54) is 31.3 Å². The van der Waals surface area contributed by atoms with Gasteiger partial charge in [0.05, 0.1) is 0 Å². The van der Waals surface area contributed by atoms with E-state index in [9.17, 15) is 4.79 Å². The van der Waals surface area contributed by atoms with Crippen molar-refractivity contribution < 1.29 is 4.79 Å². The lowest BCUT2D eigenvalue weighted by molar-refractivity contribution is -0.111. The number of hydrogen-bond donors (Lipinski definition) is 0. The Hall–Kier alpha value is -1.37. The monoisotopic (exact) mass is 280 g/mol. The number of rotatable bonds is 0. The number of carbonyl (C=O) groups excluding carboxylic acids is 1. The summed E-state index contributed by atoms with van der Waals surface area (Å²) >= 11 is 0. The summed E-state index contributed by atoms with van der Waals surface area (Å²) in [4.78, 5) is 12.0. The van der Waals surface area contributed by atoms with Gasteiger partial charge in [0.15, 0.2) is 5.78 Å². The van der Waals surface area contributed by atoms with Crippen LogP contribution in [0, 0.1) is 10.8 Å². The molecule has 4 aliphatic carbocycles. The van der Waals surface area contributed by atoms with Gasteiger partial charge < -0.3 is 0 Å². The van der Waals surface area contributed by atoms with Crippen molar-refractivity contribution in [2.75, 3.05) is 0 Å². The molecule has 1 nitrogen and oxygen atoms in total. The van der Waals surface area contributed by atoms with Gasteiger partial charge in [-0.15, -0.1) is 0 Å². The van der Waals surface area contributed by atoms with Gasteiger partial charge in [-0.3, -0.25) is 4.79 Å². The van der Waals surface area contributed by atoms with Gasteiger partial charge in [-0.05, 0) is 86.2 Å². The summed E-state index contributed by atoms with van der Waals surface area (Å²) in [5.74, 6) is 0.215. The largest absolute Gasteiger partial charge is 0.290 e. The Kier molecular flexibility index (Phi) is 2.59. The normalized spacial score (nSPS) is 38.2. The number of carbonyl (C=O) groups is 1. The highest BCUT2D eigenvalue weighted by Gasteiger charge is 2.46. The first-order chi connectivity index (χ1) is 9.96. The maximum absolute atomic E-state index is 12.0. The quantitative estimate of drug-likeness (QED) is 0.606. The van der Waals surface area contributed by atoms with E-state index in [4.69, 9.17) is 0 Å². The van der Waals surface area contributed by atoms with Crippen molar-refractivity contribution in [3.63, 3.8) is 0 Å². The van der Waals surface area contributed by atoms with E-state index >= 15 is 0 Å². The molecular formula is C20H24O. The Morgan fingerprint density at radius 1 is 1.05 bits per heavy atom. The smallest absolute Gasteiger partial charge is 0.181 e. The van der Waals surface area contributed by atoms with Gasteiger partial charge in [-0.25, -0.2) is 0 Å². The molecule has 0 aromatic rings. The predicted molar refractivity (Wildman–Crippen MR) is 85.9 cm³/mol. The third-order valence-corrected chi connectivity index (χ3v) is 6.58. The van der Waals surface area contributed by atoms with Gasteiger partial charge >= 0.3 is 0 Å². The number of hydrogen-bond acceptors (Lipinski definition) is 1. The molecule has 0 N–H and O–H groups in total. The Morgan fingerprint density at radius 3 is 2.67 bits per heavy atom. The summed E-state index contributed by atoms with van der Waals surface area (Å²) in [6.45, 7) is 6.81. The first-order valence-corrected chi connectivity index (χ1v) is 8.33. The lowest BCUT2D eigenvalue weighted by Gasteiger charge is -2.47. The fourth-order valence-electron chi connectivity index (χ4n) is 5.22. The van der Waals surface area contributed by atoms with Crippen LogP contribution in [0.5, 0.6) is 0 Å². The van der Waals surface area contributed by atoms with E-state index in [1.807, 2.05) is 13.0 Å². The van der Waals surface area contributed by atoms with E-state index in [0.717, 1.165) is 18.4 Å². The summed E-state index contributed by atoms with van der Waals surface area (Å²) in [7, 11) is 0. The molecule has 0 heterocycles. The summed E-state index contributed by atoms with van der Waals surface area (Å²) in [5.41, 5.74) is 7.72. The molecule has 0 aromatic carbocycles. The van der Waals surface area contributed by atoms with E-state index in [2.05, 4.69) is 26.0 Å². The SMILES string of the molecule is CC1=C2CCC3=C(CCC4(C)CCC=C34)C2(C)C=CC1=O. The Morgan fingerprint density at radius 2 is 1.86 bits per heavy atom. The molecule has 0 aromatic heterocycles. The van der Waals surface area contributed by atoms with Crippen LogP contribution in [-0.4, -0.2) is 5.78 Å². The molecular weight excluding hydrogens is 256 g/mol. The van der Waals surface area contributed by atoms with E-state index in [-0.39, 0.29) is 11.2 Å². The van der Waals surface area contributed by atoms with E-state index in [0.29, 0.717) is 5.41 Å². The van der Waals surface area contributed by atoms with Gasteiger partial charge in [-0.1, -0.05) is 24.6 Å². The predicted octanol–water partition coefficient (Wildman–Crippen LogP) is 5.06. The van der Waals surface area contributed by atoms with Crippen molar-refractivity contribution >= 4 is 5.78 Å². The average Bonchev–Trinajstić information content (AvgIpc) is 2.85. The highest BCUT2D eigenvalue weighted by molar-refractivity contribution is 6.05. The number of ketones is 1. The number of allylic oxidation sites excluding steroid dienone is 8. The van der Waals surface area contributed by atoms with E-state index in [1.54, 1.807) is 16.7 Å². The molecule has 0 saturated heterocycles. The minimum absolute atomic E-state index is 0.0103. The zero-order chi connectivity index (χ0) is 14.8. The summed E-state index contributed by atoms with van der Waals surface area (Å²) in [6, 6.07) is 0. The van der Waals surface area contributed by atoms with Crippen LogP contribution in [0.1, 0.15) is 59.3 Å². The molecule has 1 heteroatoms. The third-order valence-electron chi connectivity index (χ3n) is 6.58. The molecule has 0 amide bonds. The lowest BCUT2D eigenvalue weighted by atomic mass is 9.57. The van der Waals surface area contributed by atoms with Gasteiger partial charge in [0.1, 0.15) is 0 Å². The minimum atomic E-state index is 0.0103. The zero-order valence-corrected chi connectivity index (χ0v) is 13.4. The van der Waals surface area contributed by atoms with Crippen LogP contribution in [0.2, 0.25) is 0 Å². The molecule has 110 valence electrons. The molecule has 4 rings (SSSR count). The first-order valence-electron chi connectivity index (χ1n) is 8.33. The first kappa shape index (κ1) is 13.3. The average molecular weight is 280 g/mol. The third kappa shape index (κ3) is 1.61. The Bertz CT molecular complexity index is 670. The van der Waals surface area contributed by atoms with Crippen LogP contribution in [0.15, 0.2) is 46.1 Å². The molecule has 2 atom stereocenters.